The third kappa shape index (κ3) is 2.90. The highest BCUT2D eigenvalue weighted by molar-refractivity contribution is 6.09. The molecule has 1 N–H and O–H groups in total. The molecule has 0 spiro atoms. The van der Waals surface area contributed by atoms with Crippen LogP contribution in [0.1, 0.15) is 31.4 Å². The second-order valence-electron chi connectivity index (χ2n) is 6.50. The highest BCUT2D eigenvalue weighted by atomic mass is 16.5. The van der Waals surface area contributed by atoms with E-state index < -0.39 is 17.7 Å². The maximum Gasteiger partial charge on any atom is 0.290 e. The molecule has 0 fully saturated rings. The van der Waals surface area contributed by atoms with Gasteiger partial charge in [-0.2, -0.15) is 0 Å². The molecule has 1 aliphatic heterocycles. The number of aliphatic hydroxyl groups excluding tert-OH is 1. The Bertz CT molecular complexity index is 881. The number of aryl methyl sites for hydroxylation is 1. The Morgan fingerprint density at radius 2 is 2.04 bits per heavy atom. The molecule has 0 bridgehead atoms. The summed E-state index contributed by atoms with van der Waals surface area (Å²) in [7, 11) is 3.54. The Balaban J connectivity index is 2.13. The SMILES string of the molecule is CCC(=O)C1=C(O)C(=O)N(CCCOC)C1c1cn(C)c2ccccc12. The van der Waals surface area contributed by atoms with Gasteiger partial charge in [0.05, 0.1) is 11.6 Å². The minimum atomic E-state index is -0.571. The largest absolute Gasteiger partial charge is 0.503 e. The molecule has 6 heteroatoms. The first-order valence-corrected chi connectivity index (χ1v) is 8.81. The van der Waals surface area contributed by atoms with Crippen LogP contribution >= 0.6 is 0 Å². The van der Waals surface area contributed by atoms with Crippen LogP contribution in [-0.4, -0.2) is 46.5 Å². The van der Waals surface area contributed by atoms with Gasteiger partial charge in [0.2, 0.25) is 0 Å². The number of ether oxygens (including phenoxy) is 1. The fourth-order valence-corrected chi connectivity index (χ4v) is 3.65. The number of methoxy groups -OCH3 is 1. The van der Waals surface area contributed by atoms with Crippen molar-refractivity contribution >= 4 is 22.6 Å². The van der Waals surface area contributed by atoms with Gasteiger partial charge in [0.15, 0.2) is 11.5 Å². The average molecular weight is 356 g/mol. The Hall–Kier alpha value is -2.60. The molecule has 3 rings (SSSR count). The Kier molecular flexibility index (Phi) is 5.13. The number of amides is 1. The van der Waals surface area contributed by atoms with Crippen LogP contribution in [-0.2, 0) is 21.4 Å². The summed E-state index contributed by atoms with van der Waals surface area (Å²) in [4.78, 5) is 26.8. The number of para-hydroxylation sites is 1. The molecular formula is C20H24N2O4. The van der Waals surface area contributed by atoms with Gasteiger partial charge in [-0.1, -0.05) is 25.1 Å². The summed E-state index contributed by atoms with van der Waals surface area (Å²) >= 11 is 0. The first-order valence-electron chi connectivity index (χ1n) is 8.81. The number of aliphatic hydroxyl groups is 1. The van der Waals surface area contributed by atoms with Crippen LogP contribution in [0.5, 0.6) is 0 Å². The summed E-state index contributed by atoms with van der Waals surface area (Å²) in [5.74, 6) is -1.12. The number of Topliss-reactive ketones (excluding diaryl/α,β-unsaturated/α-hetero) is 1. The Morgan fingerprint density at radius 1 is 1.31 bits per heavy atom. The number of carbonyl (C=O) groups is 2. The lowest BCUT2D eigenvalue weighted by molar-refractivity contribution is -0.129. The predicted molar refractivity (Wildman–Crippen MR) is 98.8 cm³/mol. The van der Waals surface area contributed by atoms with Gasteiger partial charge < -0.3 is 19.3 Å². The van der Waals surface area contributed by atoms with E-state index in [0.29, 0.717) is 19.6 Å². The van der Waals surface area contributed by atoms with Crippen LogP contribution in [0.4, 0.5) is 0 Å². The minimum Gasteiger partial charge on any atom is -0.503 e. The minimum absolute atomic E-state index is 0.200. The fraction of sp³-hybridized carbons (Fsp3) is 0.400. The summed E-state index contributed by atoms with van der Waals surface area (Å²) in [6.45, 7) is 2.65. The van der Waals surface area contributed by atoms with Crippen molar-refractivity contribution in [2.75, 3.05) is 20.3 Å². The van der Waals surface area contributed by atoms with Crippen LogP contribution < -0.4 is 0 Å². The van der Waals surface area contributed by atoms with Gasteiger partial charge in [-0.25, -0.2) is 0 Å². The van der Waals surface area contributed by atoms with Crippen molar-refractivity contribution in [1.29, 1.82) is 0 Å². The molecule has 2 aromatic rings. The van der Waals surface area contributed by atoms with E-state index in [9.17, 15) is 14.7 Å². The molecular weight excluding hydrogens is 332 g/mol. The predicted octanol–water partition coefficient (Wildman–Crippen LogP) is 2.89. The second kappa shape index (κ2) is 7.33. The average Bonchev–Trinajstić information content (AvgIpc) is 3.10. The number of hydrogen-bond donors (Lipinski definition) is 1. The first kappa shape index (κ1) is 18.2. The number of aromatic nitrogens is 1. The summed E-state index contributed by atoms with van der Waals surface area (Å²) in [6, 6.07) is 7.29. The number of hydrogen-bond acceptors (Lipinski definition) is 4. The van der Waals surface area contributed by atoms with E-state index >= 15 is 0 Å². The number of ketones is 1. The maximum absolute atomic E-state index is 12.7. The topological polar surface area (TPSA) is 71.8 Å². The van der Waals surface area contributed by atoms with Gasteiger partial charge in [-0.15, -0.1) is 0 Å². The number of carbonyl (C=O) groups excluding carboxylic acids is 2. The zero-order valence-electron chi connectivity index (χ0n) is 15.4. The van der Waals surface area contributed by atoms with Gasteiger partial charge in [0.25, 0.3) is 5.91 Å². The van der Waals surface area contributed by atoms with Crippen LogP contribution in [0, 0.1) is 0 Å². The maximum atomic E-state index is 12.7. The van der Waals surface area contributed by atoms with Crippen molar-refractivity contribution in [2.24, 2.45) is 7.05 Å². The third-order valence-corrected chi connectivity index (χ3v) is 4.90. The zero-order valence-corrected chi connectivity index (χ0v) is 15.4. The van der Waals surface area contributed by atoms with Crippen LogP contribution in [0.25, 0.3) is 10.9 Å². The lowest BCUT2D eigenvalue weighted by Crippen LogP contribution is -2.32. The molecule has 1 aromatic carbocycles. The summed E-state index contributed by atoms with van der Waals surface area (Å²) in [5, 5.41) is 11.4. The normalized spacial score (nSPS) is 17.6. The Morgan fingerprint density at radius 3 is 2.73 bits per heavy atom. The molecule has 0 aliphatic carbocycles. The molecule has 1 atom stereocenters. The number of rotatable bonds is 7. The van der Waals surface area contributed by atoms with Gasteiger partial charge in [0.1, 0.15) is 0 Å². The second-order valence-corrected chi connectivity index (χ2v) is 6.50. The number of fused-ring (bicyclic) bond motifs is 1. The monoisotopic (exact) mass is 356 g/mol. The van der Waals surface area contributed by atoms with Crippen LogP contribution in [0.2, 0.25) is 0 Å². The molecule has 1 aliphatic rings. The standard InChI is InChI=1S/C20H24N2O4/c1-4-16(23)17-18(22(10-7-11-26-3)20(25)19(17)24)14-12-21(2)15-9-6-5-8-13(14)15/h5-6,8-9,12,18,24H,4,7,10-11H2,1-3H3. The van der Waals surface area contributed by atoms with Crippen LogP contribution in [0.3, 0.4) is 0 Å². The van der Waals surface area contributed by atoms with E-state index in [1.807, 2.05) is 42.1 Å². The molecule has 1 amide bonds. The smallest absolute Gasteiger partial charge is 0.290 e. The van der Waals surface area contributed by atoms with E-state index in [0.717, 1.165) is 16.5 Å². The lowest BCUT2D eigenvalue weighted by Gasteiger charge is -2.26. The molecule has 0 saturated carbocycles. The Labute approximate surface area is 152 Å². The lowest BCUT2D eigenvalue weighted by atomic mass is 9.94. The van der Waals surface area contributed by atoms with E-state index in [4.69, 9.17) is 4.74 Å². The van der Waals surface area contributed by atoms with Crippen LogP contribution in [0.15, 0.2) is 41.8 Å². The third-order valence-electron chi connectivity index (χ3n) is 4.90. The van der Waals surface area contributed by atoms with Gasteiger partial charge in [0, 0.05) is 56.4 Å². The van der Waals surface area contributed by atoms with Crippen molar-refractivity contribution in [3.05, 3.63) is 47.4 Å². The molecule has 0 saturated heterocycles. The fourth-order valence-electron chi connectivity index (χ4n) is 3.65. The van der Waals surface area contributed by atoms with Gasteiger partial charge in [-0.05, 0) is 12.5 Å². The van der Waals surface area contributed by atoms with E-state index in [2.05, 4.69) is 0 Å². The van der Waals surface area contributed by atoms with E-state index in [1.54, 1.807) is 18.9 Å². The van der Waals surface area contributed by atoms with Crippen molar-refractivity contribution in [3.63, 3.8) is 0 Å². The number of nitrogens with zero attached hydrogens (tertiary/aromatic N) is 2. The molecule has 1 unspecified atom stereocenters. The zero-order chi connectivity index (χ0) is 18.8. The highest BCUT2D eigenvalue weighted by Gasteiger charge is 2.43. The molecule has 0 radical (unpaired) electrons. The molecule has 1 aromatic heterocycles. The molecule has 26 heavy (non-hydrogen) atoms. The van der Waals surface area contributed by atoms with Crippen molar-refractivity contribution < 1.29 is 19.4 Å². The first-order chi connectivity index (χ1) is 12.5. The highest BCUT2D eigenvalue weighted by Crippen LogP contribution is 2.41. The number of benzene rings is 1. The van der Waals surface area contributed by atoms with Crippen molar-refractivity contribution in [1.82, 2.24) is 9.47 Å². The molecule has 6 nitrogen and oxygen atoms in total. The van der Waals surface area contributed by atoms with E-state index in [1.165, 1.54) is 0 Å². The van der Waals surface area contributed by atoms with Crippen molar-refractivity contribution in [2.45, 2.75) is 25.8 Å². The quantitative estimate of drug-likeness (QED) is 0.775. The summed E-state index contributed by atoms with van der Waals surface area (Å²) < 4.78 is 7.07. The van der Waals surface area contributed by atoms with E-state index in [-0.39, 0.29) is 17.8 Å². The van der Waals surface area contributed by atoms with Gasteiger partial charge >= 0.3 is 0 Å². The van der Waals surface area contributed by atoms with Gasteiger partial charge in [-0.3, -0.25) is 9.59 Å². The molecule has 2 heterocycles. The molecule has 138 valence electrons. The summed E-state index contributed by atoms with van der Waals surface area (Å²) in [5.41, 5.74) is 2.07. The summed E-state index contributed by atoms with van der Waals surface area (Å²) in [6.07, 6.45) is 2.80. The van der Waals surface area contributed by atoms with Crippen molar-refractivity contribution in [3.8, 4) is 0 Å².